The molecule has 0 saturated heterocycles. The highest BCUT2D eigenvalue weighted by atomic mass is 32.1. The molecule has 0 spiro atoms. The molecule has 0 aliphatic carbocycles. The van der Waals surface area contributed by atoms with Crippen molar-refractivity contribution in [1.29, 1.82) is 0 Å². The summed E-state index contributed by atoms with van der Waals surface area (Å²) in [5.74, 6) is -0.711. The molecule has 2 rings (SSSR count). The summed E-state index contributed by atoms with van der Waals surface area (Å²) in [5, 5.41) is 11.5. The number of carboxylic acid groups (broad SMARTS) is 1. The Hall–Kier alpha value is -2.34. The highest BCUT2D eigenvalue weighted by molar-refractivity contribution is 7.14. The maximum Gasteiger partial charge on any atom is 0.341 e. The highest BCUT2D eigenvalue weighted by Gasteiger charge is 2.13. The van der Waals surface area contributed by atoms with Gasteiger partial charge in [-0.2, -0.15) is 0 Å². The van der Waals surface area contributed by atoms with E-state index in [1.807, 2.05) is 26.8 Å². The Morgan fingerprint density at radius 2 is 1.91 bits per heavy atom. The average Bonchev–Trinajstić information content (AvgIpc) is 2.78. The number of amides is 1. The van der Waals surface area contributed by atoms with Crippen LogP contribution in [-0.2, 0) is 4.79 Å². The monoisotopic (exact) mass is 319 g/mol. The van der Waals surface area contributed by atoms with Crippen LogP contribution in [0.1, 0.15) is 25.7 Å². The number of hydrogen-bond donors (Lipinski definition) is 2. The molecule has 6 heteroatoms. The molecule has 0 aliphatic heterocycles. The van der Waals surface area contributed by atoms with Crippen LogP contribution in [0.15, 0.2) is 24.3 Å². The Morgan fingerprint density at radius 3 is 2.45 bits per heavy atom. The van der Waals surface area contributed by atoms with Gasteiger partial charge in [-0.25, -0.2) is 4.79 Å². The van der Waals surface area contributed by atoms with Crippen molar-refractivity contribution in [2.75, 3.05) is 11.9 Å². The summed E-state index contributed by atoms with van der Waals surface area (Å²) >= 11 is 1.46. The molecule has 0 aliphatic rings. The third kappa shape index (κ3) is 3.85. The second-order valence-electron chi connectivity index (χ2n) is 4.98. The van der Waals surface area contributed by atoms with E-state index in [0.29, 0.717) is 16.3 Å². The van der Waals surface area contributed by atoms with Crippen molar-refractivity contribution in [1.82, 2.24) is 0 Å². The predicted octanol–water partition coefficient (Wildman–Crippen LogP) is 3.39. The lowest BCUT2D eigenvalue weighted by atomic mass is 10.2. The van der Waals surface area contributed by atoms with E-state index in [9.17, 15) is 9.59 Å². The first-order valence-corrected chi connectivity index (χ1v) is 7.52. The number of nitrogens with one attached hydrogen (secondary N) is 1. The van der Waals surface area contributed by atoms with Gasteiger partial charge in [0.15, 0.2) is 6.61 Å². The third-order valence-electron chi connectivity index (χ3n) is 3.06. The van der Waals surface area contributed by atoms with Gasteiger partial charge < -0.3 is 15.2 Å². The van der Waals surface area contributed by atoms with Gasteiger partial charge in [0, 0.05) is 10.6 Å². The molecule has 116 valence electrons. The second kappa shape index (κ2) is 6.62. The molecule has 2 aromatic rings. The van der Waals surface area contributed by atoms with E-state index in [0.717, 1.165) is 16.0 Å². The Morgan fingerprint density at radius 1 is 1.18 bits per heavy atom. The molecule has 22 heavy (non-hydrogen) atoms. The van der Waals surface area contributed by atoms with Crippen molar-refractivity contribution in [3.63, 3.8) is 0 Å². The molecule has 0 unspecified atom stereocenters. The zero-order valence-corrected chi connectivity index (χ0v) is 13.4. The third-order valence-corrected chi connectivity index (χ3v) is 4.21. The van der Waals surface area contributed by atoms with E-state index < -0.39 is 12.6 Å². The number of benzene rings is 1. The molecule has 5 nitrogen and oxygen atoms in total. The number of thiophene rings is 1. The summed E-state index contributed by atoms with van der Waals surface area (Å²) in [6, 6.07) is 7.03. The summed E-state index contributed by atoms with van der Waals surface area (Å²) in [6.45, 7) is 5.32. The Balaban J connectivity index is 2.11. The summed E-state index contributed by atoms with van der Waals surface area (Å²) < 4.78 is 5.11. The van der Waals surface area contributed by atoms with Crippen LogP contribution in [-0.4, -0.2) is 23.6 Å². The van der Waals surface area contributed by atoms with E-state index in [2.05, 4.69) is 5.32 Å². The molecule has 0 atom stereocenters. The van der Waals surface area contributed by atoms with Gasteiger partial charge in [-0.1, -0.05) is 0 Å². The lowest BCUT2D eigenvalue weighted by Crippen LogP contribution is -2.13. The zero-order valence-electron chi connectivity index (χ0n) is 12.6. The van der Waals surface area contributed by atoms with Crippen LogP contribution >= 0.6 is 11.3 Å². The number of carbonyl (C=O) groups excluding carboxylic acids is 1. The molecular weight excluding hydrogens is 302 g/mol. The van der Waals surface area contributed by atoms with Gasteiger partial charge in [-0.3, -0.25) is 4.79 Å². The van der Waals surface area contributed by atoms with Gasteiger partial charge in [0.1, 0.15) is 5.75 Å². The molecular formula is C16H17NO4S. The van der Waals surface area contributed by atoms with E-state index in [1.165, 1.54) is 11.3 Å². The summed E-state index contributed by atoms with van der Waals surface area (Å²) in [7, 11) is 0. The van der Waals surface area contributed by atoms with Crippen LogP contribution in [0.3, 0.4) is 0 Å². The molecule has 1 heterocycles. The number of carboxylic acids is 1. The van der Waals surface area contributed by atoms with Gasteiger partial charge >= 0.3 is 5.97 Å². The van der Waals surface area contributed by atoms with Gasteiger partial charge in [0.2, 0.25) is 0 Å². The quantitative estimate of drug-likeness (QED) is 0.886. The van der Waals surface area contributed by atoms with Gasteiger partial charge in [0.05, 0.1) is 4.88 Å². The number of aliphatic carboxylic acids is 1. The SMILES string of the molecule is Cc1cc(C)c(C(=O)Nc2ccc(OCC(=O)O)cc2C)s1. The number of hydrogen-bond acceptors (Lipinski definition) is 4. The van der Waals surface area contributed by atoms with Crippen molar-refractivity contribution >= 4 is 28.9 Å². The van der Waals surface area contributed by atoms with E-state index in [4.69, 9.17) is 9.84 Å². The largest absolute Gasteiger partial charge is 0.482 e. The van der Waals surface area contributed by atoms with Gasteiger partial charge in [-0.05, 0) is 56.2 Å². The summed E-state index contributed by atoms with van der Waals surface area (Å²) in [5.41, 5.74) is 2.44. The van der Waals surface area contributed by atoms with E-state index in [-0.39, 0.29) is 5.91 Å². The minimum absolute atomic E-state index is 0.141. The predicted molar refractivity (Wildman–Crippen MR) is 86.1 cm³/mol. The second-order valence-corrected chi connectivity index (χ2v) is 6.24. The van der Waals surface area contributed by atoms with Crippen molar-refractivity contribution in [3.05, 3.63) is 45.1 Å². The fraction of sp³-hybridized carbons (Fsp3) is 0.250. The van der Waals surface area contributed by atoms with E-state index in [1.54, 1.807) is 18.2 Å². The van der Waals surface area contributed by atoms with Crippen LogP contribution in [0.2, 0.25) is 0 Å². The van der Waals surface area contributed by atoms with Crippen molar-refractivity contribution in [2.24, 2.45) is 0 Å². The average molecular weight is 319 g/mol. The molecule has 2 N–H and O–H groups in total. The van der Waals surface area contributed by atoms with Crippen LogP contribution in [0.25, 0.3) is 0 Å². The first kappa shape index (κ1) is 16.0. The normalized spacial score (nSPS) is 10.3. The molecule has 0 fully saturated rings. The van der Waals surface area contributed by atoms with Crippen molar-refractivity contribution in [3.8, 4) is 5.75 Å². The van der Waals surface area contributed by atoms with Crippen LogP contribution < -0.4 is 10.1 Å². The molecule has 1 amide bonds. The number of carbonyl (C=O) groups is 2. The fourth-order valence-corrected chi connectivity index (χ4v) is 2.98. The number of ether oxygens (including phenoxy) is 1. The molecule has 1 aromatic carbocycles. The van der Waals surface area contributed by atoms with Crippen molar-refractivity contribution < 1.29 is 19.4 Å². The first-order chi connectivity index (χ1) is 10.4. The first-order valence-electron chi connectivity index (χ1n) is 6.70. The topological polar surface area (TPSA) is 75.6 Å². The smallest absolute Gasteiger partial charge is 0.341 e. The Bertz CT molecular complexity index is 721. The molecule has 0 radical (unpaired) electrons. The molecule has 0 bridgehead atoms. The van der Waals surface area contributed by atoms with Crippen LogP contribution in [0.4, 0.5) is 5.69 Å². The van der Waals surface area contributed by atoms with Gasteiger partial charge in [-0.15, -0.1) is 11.3 Å². The zero-order chi connectivity index (χ0) is 16.3. The summed E-state index contributed by atoms with van der Waals surface area (Å²) in [6.07, 6.45) is 0. The Labute approximate surface area is 132 Å². The number of rotatable bonds is 5. The molecule has 0 saturated carbocycles. The highest BCUT2D eigenvalue weighted by Crippen LogP contribution is 2.25. The van der Waals surface area contributed by atoms with Crippen molar-refractivity contribution in [2.45, 2.75) is 20.8 Å². The lowest BCUT2D eigenvalue weighted by molar-refractivity contribution is -0.139. The number of anilines is 1. The standard InChI is InChI=1S/C16H17NO4S/c1-9-7-12(21-8-14(18)19)4-5-13(9)17-16(20)15-10(2)6-11(3)22-15/h4-7H,8H2,1-3H3,(H,17,20)(H,18,19). The summed E-state index contributed by atoms with van der Waals surface area (Å²) in [4.78, 5) is 24.6. The van der Waals surface area contributed by atoms with E-state index >= 15 is 0 Å². The molecule has 1 aromatic heterocycles. The van der Waals surface area contributed by atoms with Crippen LogP contribution in [0, 0.1) is 20.8 Å². The fourth-order valence-electron chi connectivity index (χ4n) is 2.06. The van der Waals surface area contributed by atoms with Crippen LogP contribution in [0.5, 0.6) is 5.75 Å². The lowest BCUT2D eigenvalue weighted by Gasteiger charge is -2.10. The minimum Gasteiger partial charge on any atom is -0.482 e. The van der Waals surface area contributed by atoms with Gasteiger partial charge in [0.25, 0.3) is 5.91 Å². The maximum atomic E-state index is 12.3. The minimum atomic E-state index is -1.03. The maximum absolute atomic E-state index is 12.3. The Kier molecular flexibility index (Phi) is 4.82. The number of aryl methyl sites for hydroxylation is 3.